The van der Waals surface area contributed by atoms with E-state index in [0.29, 0.717) is 0 Å². The van der Waals surface area contributed by atoms with Gasteiger partial charge in [0.15, 0.2) is 0 Å². The van der Waals surface area contributed by atoms with Crippen molar-refractivity contribution in [3.05, 3.63) is 22.6 Å². The molecule has 1 fully saturated rings. The third kappa shape index (κ3) is 2.93. The van der Waals surface area contributed by atoms with Gasteiger partial charge in [-0.25, -0.2) is 13.1 Å². The maximum Gasteiger partial charge on any atom is 0.323 e. The van der Waals surface area contributed by atoms with Crippen molar-refractivity contribution in [2.24, 2.45) is 0 Å². The standard InChI is InChI=1S/C10H13N3O5S/c11-9-7(19(17,18)12-6-1-2-6)3-4-13(10(9)16)5-8(14)15/h3-4,6,12H,1-2,5,11H2,(H,14,15). The maximum atomic E-state index is 11.9. The van der Waals surface area contributed by atoms with Crippen LogP contribution in [-0.4, -0.2) is 30.1 Å². The minimum atomic E-state index is -3.83. The number of aromatic nitrogens is 1. The topological polar surface area (TPSA) is 131 Å². The molecule has 9 heteroatoms. The van der Waals surface area contributed by atoms with Crippen LogP contribution in [0.15, 0.2) is 22.0 Å². The van der Waals surface area contributed by atoms with Gasteiger partial charge in [0.2, 0.25) is 10.0 Å². The summed E-state index contributed by atoms with van der Waals surface area (Å²) in [5.41, 5.74) is 4.19. The molecule has 0 bridgehead atoms. The number of carboxylic acid groups (broad SMARTS) is 1. The summed E-state index contributed by atoms with van der Waals surface area (Å²) in [6, 6.07) is 1.02. The molecule has 0 aliphatic heterocycles. The fraction of sp³-hybridized carbons (Fsp3) is 0.400. The first-order valence-corrected chi connectivity index (χ1v) is 7.02. The van der Waals surface area contributed by atoms with Crippen molar-refractivity contribution in [2.45, 2.75) is 30.3 Å². The van der Waals surface area contributed by atoms with E-state index in [1.165, 1.54) is 0 Å². The predicted molar refractivity (Wildman–Crippen MR) is 66.1 cm³/mol. The van der Waals surface area contributed by atoms with E-state index in [1.807, 2.05) is 0 Å². The van der Waals surface area contributed by atoms with E-state index in [4.69, 9.17) is 10.8 Å². The van der Waals surface area contributed by atoms with Gasteiger partial charge >= 0.3 is 5.97 Å². The van der Waals surface area contributed by atoms with Crippen LogP contribution in [0.3, 0.4) is 0 Å². The Labute approximate surface area is 108 Å². The number of hydrogen-bond acceptors (Lipinski definition) is 5. The van der Waals surface area contributed by atoms with Crippen molar-refractivity contribution >= 4 is 21.7 Å². The fourth-order valence-electron chi connectivity index (χ4n) is 1.56. The second-order valence-electron chi connectivity index (χ2n) is 4.32. The number of hydrogen-bond donors (Lipinski definition) is 3. The predicted octanol–water partition coefficient (Wildman–Crippen LogP) is -1.04. The second-order valence-corrected chi connectivity index (χ2v) is 6.00. The lowest BCUT2D eigenvalue weighted by atomic mass is 10.4. The number of carbonyl (C=O) groups is 1. The van der Waals surface area contributed by atoms with Gasteiger partial charge in [-0.1, -0.05) is 0 Å². The molecular formula is C10H13N3O5S. The summed E-state index contributed by atoms with van der Waals surface area (Å²) in [6.07, 6.45) is 2.62. The van der Waals surface area contributed by atoms with Gasteiger partial charge in [0.25, 0.3) is 5.56 Å². The van der Waals surface area contributed by atoms with Gasteiger partial charge < -0.3 is 15.4 Å². The molecule has 0 aromatic carbocycles. The Morgan fingerprint density at radius 2 is 2.16 bits per heavy atom. The highest BCUT2D eigenvalue weighted by atomic mass is 32.2. The highest BCUT2D eigenvalue weighted by Crippen LogP contribution is 2.23. The summed E-state index contributed by atoms with van der Waals surface area (Å²) in [5.74, 6) is -1.21. The number of carboxylic acids is 1. The van der Waals surface area contributed by atoms with E-state index < -0.39 is 33.8 Å². The highest BCUT2D eigenvalue weighted by molar-refractivity contribution is 7.89. The van der Waals surface area contributed by atoms with E-state index in [9.17, 15) is 18.0 Å². The largest absolute Gasteiger partial charge is 0.480 e. The Hall–Kier alpha value is -1.87. The molecule has 0 amide bonds. The number of aliphatic carboxylic acids is 1. The molecule has 1 aromatic rings. The van der Waals surface area contributed by atoms with E-state index in [0.717, 1.165) is 29.7 Å². The second kappa shape index (κ2) is 4.67. The molecule has 8 nitrogen and oxygen atoms in total. The third-order valence-corrected chi connectivity index (χ3v) is 4.24. The van der Waals surface area contributed by atoms with Gasteiger partial charge in [-0.05, 0) is 18.9 Å². The van der Waals surface area contributed by atoms with Gasteiger partial charge in [0.05, 0.1) is 0 Å². The van der Waals surface area contributed by atoms with Crippen molar-refractivity contribution in [1.29, 1.82) is 0 Å². The summed E-state index contributed by atoms with van der Waals surface area (Å²) in [7, 11) is -3.83. The zero-order valence-electron chi connectivity index (χ0n) is 9.87. The van der Waals surface area contributed by atoms with Crippen molar-refractivity contribution in [1.82, 2.24) is 9.29 Å². The number of nitrogens with zero attached hydrogens (tertiary/aromatic N) is 1. The van der Waals surface area contributed by atoms with Crippen molar-refractivity contribution < 1.29 is 18.3 Å². The summed E-state index contributed by atoms with van der Waals surface area (Å²) in [4.78, 5) is 22.0. The zero-order chi connectivity index (χ0) is 14.2. The lowest BCUT2D eigenvalue weighted by molar-refractivity contribution is -0.137. The minimum Gasteiger partial charge on any atom is -0.480 e. The highest BCUT2D eigenvalue weighted by Gasteiger charge is 2.29. The minimum absolute atomic E-state index is 0.106. The summed E-state index contributed by atoms with van der Waals surface area (Å²) in [5, 5.41) is 8.61. The van der Waals surface area contributed by atoms with Gasteiger partial charge in [-0.15, -0.1) is 0 Å². The molecule has 0 unspecified atom stereocenters. The fourth-order valence-corrected chi connectivity index (χ4v) is 2.98. The number of rotatable bonds is 5. The Morgan fingerprint density at radius 1 is 1.53 bits per heavy atom. The van der Waals surface area contributed by atoms with Crippen LogP contribution in [0.25, 0.3) is 0 Å². The van der Waals surface area contributed by atoms with Gasteiger partial charge in [0, 0.05) is 12.2 Å². The molecular weight excluding hydrogens is 274 g/mol. The average molecular weight is 287 g/mol. The van der Waals surface area contributed by atoms with Crippen LogP contribution >= 0.6 is 0 Å². The van der Waals surface area contributed by atoms with Crippen LogP contribution in [0.5, 0.6) is 0 Å². The number of nitrogens with one attached hydrogen (secondary N) is 1. The van der Waals surface area contributed by atoms with Crippen molar-refractivity contribution in [2.75, 3.05) is 5.73 Å². The average Bonchev–Trinajstić information content (AvgIpc) is 3.07. The number of pyridine rings is 1. The molecule has 1 aliphatic rings. The molecule has 1 heterocycles. The Morgan fingerprint density at radius 3 is 2.68 bits per heavy atom. The van der Waals surface area contributed by atoms with E-state index >= 15 is 0 Å². The summed E-state index contributed by atoms with van der Waals surface area (Å²) < 4.78 is 27.1. The van der Waals surface area contributed by atoms with Crippen LogP contribution in [0.1, 0.15) is 12.8 Å². The van der Waals surface area contributed by atoms with Crippen molar-refractivity contribution in [3.8, 4) is 0 Å². The van der Waals surface area contributed by atoms with Gasteiger partial charge in [0.1, 0.15) is 17.1 Å². The normalized spacial score (nSPS) is 15.4. The van der Waals surface area contributed by atoms with Crippen LogP contribution in [0, 0.1) is 0 Å². The Bertz CT molecular complexity index is 675. The van der Waals surface area contributed by atoms with E-state index in [2.05, 4.69) is 4.72 Å². The Kier molecular flexibility index (Phi) is 3.33. The summed E-state index contributed by atoms with van der Waals surface area (Å²) >= 11 is 0. The number of nitrogens with two attached hydrogens (primary N) is 1. The third-order valence-electron chi connectivity index (χ3n) is 2.66. The molecule has 1 aromatic heterocycles. The maximum absolute atomic E-state index is 11.9. The first-order chi connectivity index (χ1) is 8.81. The smallest absolute Gasteiger partial charge is 0.323 e. The molecule has 1 aliphatic carbocycles. The molecule has 0 atom stereocenters. The first-order valence-electron chi connectivity index (χ1n) is 5.54. The van der Waals surface area contributed by atoms with Crippen LogP contribution in [0.4, 0.5) is 5.69 Å². The molecule has 19 heavy (non-hydrogen) atoms. The monoisotopic (exact) mass is 287 g/mol. The quantitative estimate of drug-likeness (QED) is 0.633. The van der Waals surface area contributed by atoms with Gasteiger partial charge in [-0.3, -0.25) is 9.59 Å². The molecule has 0 spiro atoms. The van der Waals surface area contributed by atoms with Crippen LogP contribution in [0.2, 0.25) is 0 Å². The number of anilines is 1. The summed E-state index contributed by atoms with van der Waals surface area (Å²) in [6.45, 7) is -0.570. The molecule has 2 rings (SSSR count). The lowest BCUT2D eigenvalue weighted by Gasteiger charge is -2.10. The molecule has 1 saturated carbocycles. The lowest BCUT2D eigenvalue weighted by Crippen LogP contribution is -2.31. The van der Waals surface area contributed by atoms with E-state index in [-0.39, 0.29) is 10.9 Å². The van der Waals surface area contributed by atoms with Crippen LogP contribution in [-0.2, 0) is 21.4 Å². The Balaban J connectivity index is 2.40. The van der Waals surface area contributed by atoms with Crippen molar-refractivity contribution in [3.63, 3.8) is 0 Å². The SMILES string of the molecule is Nc1c(S(=O)(=O)NC2CC2)ccn(CC(=O)O)c1=O. The number of nitrogen functional groups attached to an aromatic ring is 1. The molecule has 104 valence electrons. The first kappa shape index (κ1) is 13.6. The van der Waals surface area contributed by atoms with E-state index in [1.54, 1.807) is 0 Å². The zero-order valence-corrected chi connectivity index (χ0v) is 10.7. The number of sulfonamides is 1. The molecule has 4 N–H and O–H groups in total. The van der Waals surface area contributed by atoms with Crippen LogP contribution < -0.4 is 16.0 Å². The van der Waals surface area contributed by atoms with Gasteiger partial charge in [-0.2, -0.15) is 0 Å². The molecule has 0 saturated heterocycles. The molecule has 0 radical (unpaired) electrons.